The van der Waals surface area contributed by atoms with E-state index in [-0.39, 0.29) is 6.42 Å². The van der Waals surface area contributed by atoms with E-state index in [4.69, 9.17) is 9.84 Å². The summed E-state index contributed by atoms with van der Waals surface area (Å²) in [6.45, 7) is 2.29. The summed E-state index contributed by atoms with van der Waals surface area (Å²) in [6.07, 6.45) is -0.0411. The minimum Gasteiger partial charge on any atom is -0.487 e. The molecule has 1 heterocycles. The highest BCUT2D eigenvalue weighted by Crippen LogP contribution is 2.20. The molecule has 0 saturated carbocycles. The predicted molar refractivity (Wildman–Crippen MR) is 70.1 cm³/mol. The van der Waals surface area contributed by atoms with Gasteiger partial charge in [0, 0.05) is 12.6 Å². The van der Waals surface area contributed by atoms with E-state index >= 15 is 0 Å². The largest absolute Gasteiger partial charge is 0.487 e. The summed E-state index contributed by atoms with van der Waals surface area (Å²) in [4.78, 5) is 10.8. The smallest absolute Gasteiger partial charge is 0.307 e. The van der Waals surface area contributed by atoms with Gasteiger partial charge in [0.1, 0.15) is 12.4 Å². The molecule has 0 bridgehead atoms. The van der Waals surface area contributed by atoms with Crippen molar-refractivity contribution < 1.29 is 14.6 Å². The van der Waals surface area contributed by atoms with Crippen LogP contribution in [-0.4, -0.2) is 20.9 Å². The Balaban J connectivity index is 2.11. The maximum Gasteiger partial charge on any atom is 0.307 e. The molecular weight excluding hydrogens is 244 g/mol. The number of nitrogens with zero attached hydrogens (tertiary/aromatic N) is 2. The van der Waals surface area contributed by atoms with E-state index < -0.39 is 5.97 Å². The van der Waals surface area contributed by atoms with Crippen molar-refractivity contribution >= 4 is 5.97 Å². The summed E-state index contributed by atoms with van der Waals surface area (Å²) >= 11 is 0. The summed E-state index contributed by atoms with van der Waals surface area (Å²) < 4.78 is 7.45. The number of aliphatic carboxylic acids is 1. The molecule has 2 rings (SSSR count). The molecule has 0 aliphatic rings. The van der Waals surface area contributed by atoms with Crippen LogP contribution in [-0.2, 0) is 24.9 Å². The van der Waals surface area contributed by atoms with Crippen LogP contribution in [0.4, 0.5) is 0 Å². The fourth-order valence-electron chi connectivity index (χ4n) is 1.90. The van der Waals surface area contributed by atoms with E-state index in [0.717, 1.165) is 11.4 Å². The van der Waals surface area contributed by atoms with Gasteiger partial charge < -0.3 is 9.84 Å². The number of rotatable bonds is 5. The molecule has 1 N–H and O–H groups in total. The summed E-state index contributed by atoms with van der Waals surface area (Å²) in [5.41, 5.74) is 2.55. The second-order valence-corrected chi connectivity index (χ2v) is 4.37. The molecule has 2 aromatic rings. The molecule has 0 saturated heterocycles. The first-order valence-corrected chi connectivity index (χ1v) is 5.98. The monoisotopic (exact) mass is 260 g/mol. The standard InChI is InChI=1S/C14H16N2O3/c1-10-7-12(16(2)15-10)9-19-13-6-4-3-5-11(13)8-14(17)18/h3-7H,8-9H2,1-2H3,(H,17,18). The number of benzene rings is 1. The van der Waals surface area contributed by atoms with Gasteiger partial charge in [0.25, 0.3) is 0 Å². The van der Waals surface area contributed by atoms with Crippen LogP contribution in [0, 0.1) is 6.92 Å². The number of hydrogen-bond donors (Lipinski definition) is 1. The first kappa shape index (κ1) is 13.1. The predicted octanol–water partition coefficient (Wildman–Crippen LogP) is 1.93. The van der Waals surface area contributed by atoms with Crippen LogP contribution >= 0.6 is 0 Å². The van der Waals surface area contributed by atoms with Crippen molar-refractivity contribution in [1.29, 1.82) is 0 Å². The molecule has 0 atom stereocenters. The maximum absolute atomic E-state index is 10.8. The van der Waals surface area contributed by atoms with Crippen LogP contribution in [0.3, 0.4) is 0 Å². The molecule has 0 spiro atoms. The maximum atomic E-state index is 10.8. The lowest BCUT2D eigenvalue weighted by Crippen LogP contribution is -2.06. The minimum absolute atomic E-state index is 0.0411. The fraction of sp³-hybridized carbons (Fsp3) is 0.286. The molecule has 5 heteroatoms. The Kier molecular flexibility index (Phi) is 3.85. The van der Waals surface area contributed by atoms with Gasteiger partial charge >= 0.3 is 5.97 Å². The molecule has 0 aliphatic carbocycles. The Morgan fingerprint density at radius 1 is 1.42 bits per heavy atom. The highest BCUT2D eigenvalue weighted by atomic mass is 16.5. The van der Waals surface area contributed by atoms with Gasteiger partial charge in [-0.1, -0.05) is 18.2 Å². The fourth-order valence-corrected chi connectivity index (χ4v) is 1.90. The lowest BCUT2D eigenvalue weighted by Gasteiger charge is -2.10. The van der Waals surface area contributed by atoms with Gasteiger partial charge in [-0.15, -0.1) is 0 Å². The number of carboxylic acids is 1. The average molecular weight is 260 g/mol. The topological polar surface area (TPSA) is 64.3 Å². The zero-order valence-electron chi connectivity index (χ0n) is 11.0. The highest BCUT2D eigenvalue weighted by molar-refractivity contribution is 5.71. The van der Waals surface area contributed by atoms with Crippen molar-refractivity contribution in [3.8, 4) is 5.75 Å². The van der Waals surface area contributed by atoms with Crippen LogP contribution in [0.2, 0.25) is 0 Å². The number of para-hydroxylation sites is 1. The highest BCUT2D eigenvalue weighted by Gasteiger charge is 2.09. The lowest BCUT2D eigenvalue weighted by atomic mass is 10.1. The SMILES string of the molecule is Cc1cc(COc2ccccc2CC(=O)O)n(C)n1. The van der Waals surface area contributed by atoms with Crippen molar-refractivity contribution in [3.05, 3.63) is 47.3 Å². The van der Waals surface area contributed by atoms with Gasteiger partial charge in [0.2, 0.25) is 0 Å². The number of aromatic nitrogens is 2. The first-order chi connectivity index (χ1) is 9.06. The van der Waals surface area contributed by atoms with Crippen molar-refractivity contribution in [3.63, 3.8) is 0 Å². The van der Waals surface area contributed by atoms with E-state index in [1.54, 1.807) is 22.9 Å². The van der Waals surface area contributed by atoms with Crippen molar-refractivity contribution in [2.24, 2.45) is 7.05 Å². The third-order valence-electron chi connectivity index (χ3n) is 2.79. The molecule has 0 radical (unpaired) electrons. The van der Waals surface area contributed by atoms with E-state index in [2.05, 4.69) is 5.10 Å². The van der Waals surface area contributed by atoms with E-state index in [1.807, 2.05) is 26.1 Å². The normalized spacial score (nSPS) is 10.4. The molecule has 5 nitrogen and oxygen atoms in total. The Morgan fingerprint density at radius 2 is 2.16 bits per heavy atom. The molecule has 0 amide bonds. The second-order valence-electron chi connectivity index (χ2n) is 4.37. The molecule has 1 aromatic carbocycles. The van der Waals surface area contributed by atoms with Gasteiger partial charge in [-0.25, -0.2) is 0 Å². The summed E-state index contributed by atoms with van der Waals surface area (Å²) in [5.74, 6) is -0.267. The number of carbonyl (C=O) groups is 1. The zero-order valence-corrected chi connectivity index (χ0v) is 11.0. The molecule has 0 unspecified atom stereocenters. The lowest BCUT2D eigenvalue weighted by molar-refractivity contribution is -0.136. The van der Waals surface area contributed by atoms with Gasteiger partial charge in [0.15, 0.2) is 0 Å². The quantitative estimate of drug-likeness (QED) is 0.892. The van der Waals surface area contributed by atoms with Crippen LogP contribution in [0.1, 0.15) is 17.0 Å². The first-order valence-electron chi connectivity index (χ1n) is 5.98. The molecule has 100 valence electrons. The Hall–Kier alpha value is -2.30. The summed E-state index contributed by atoms with van der Waals surface area (Å²) in [6, 6.07) is 9.12. The molecule has 1 aromatic heterocycles. The summed E-state index contributed by atoms with van der Waals surface area (Å²) in [5, 5.41) is 13.1. The van der Waals surface area contributed by atoms with Crippen molar-refractivity contribution in [2.75, 3.05) is 0 Å². The molecular formula is C14H16N2O3. The van der Waals surface area contributed by atoms with Crippen LogP contribution in [0.25, 0.3) is 0 Å². The molecule has 0 fully saturated rings. The number of aryl methyl sites for hydroxylation is 2. The van der Waals surface area contributed by atoms with Crippen LogP contribution in [0.5, 0.6) is 5.75 Å². The van der Waals surface area contributed by atoms with Gasteiger partial charge in [-0.2, -0.15) is 5.10 Å². The molecule has 19 heavy (non-hydrogen) atoms. The van der Waals surface area contributed by atoms with E-state index in [9.17, 15) is 4.79 Å². The van der Waals surface area contributed by atoms with E-state index in [1.165, 1.54) is 0 Å². The minimum atomic E-state index is -0.868. The average Bonchev–Trinajstić information content (AvgIpc) is 2.66. The number of ether oxygens (including phenoxy) is 1. The number of carboxylic acid groups (broad SMARTS) is 1. The van der Waals surface area contributed by atoms with Gasteiger partial charge in [0.05, 0.1) is 17.8 Å². The van der Waals surface area contributed by atoms with Crippen LogP contribution < -0.4 is 4.74 Å². The Morgan fingerprint density at radius 3 is 2.79 bits per heavy atom. The van der Waals surface area contributed by atoms with E-state index in [0.29, 0.717) is 17.9 Å². The Bertz CT molecular complexity index is 590. The second kappa shape index (κ2) is 5.56. The van der Waals surface area contributed by atoms with Gasteiger partial charge in [-0.3, -0.25) is 9.48 Å². The van der Waals surface area contributed by atoms with Crippen LogP contribution in [0.15, 0.2) is 30.3 Å². The third-order valence-corrected chi connectivity index (χ3v) is 2.79. The van der Waals surface area contributed by atoms with Crippen molar-refractivity contribution in [2.45, 2.75) is 20.0 Å². The third kappa shape index (κ3) is 3.34. The zero-order chi connectivity index (χ0) is 13.8. The van der Waals surface area contributed by atoms with Crippen molar-refractivity contribution in [1.82, 2.24) is 9.78 Å². The Labute approximate surface area is 111 Å². The number of hydrogen-bond acceptors (Lipinski definition) is 3. The molecule has 0 aliphatic heterocycles. The summed E-state index contributed by atoms with van der Waals surface area (Å²) in [7, 11) is 1.86. The van der Waals surface area contributed by atoms with Gasteiger partial charge in [-0.05, 0) is 19.1 Å².